The summed E-state index contributed by atoms with van der Waals surface area (Å²) in [5.74, 6) is -0.207. The Labute approximate surface area is 128 Å². The third-order valence-electron chi connectivity index (χ3n) is 3.40. The quantitative estimate of drug-likeness (QED) is 0.770. The van der Waals surface area contributed by atoms with Crippen molar-refractivity contribution >= 4 is 16.7 Å². The van der Waals surface area contributed by atoms with Crippen LogP contribution in [0.4, 0.5) is 0 Å². The van der Waals surface area contributed by atoms with Gasteiger partial charge in [0, 0.05) is 42.6 Å². The average molecular weight is 292 g/mol. The van der Waals surface area contributed by atoms with E-state index in [-0.39, 0.29) is 5.91 Å². The summed E-state index contributed by atoms with van der Waals surface area (Å²) in [5.41, 5.74) is 7.77. The first-order valence-electron chi connectivity index (χ1n) is 7.06. The first-order valence-corrected chi connectivity index (χ1v) is 7.06. The molecule has 2 aromatic heterocycles. The standard InChI is InChI=1S/C17H16N4O/c18-6-8-20-17(22)16-4-3-15(11-21-16)12-1-2-14-10-19-7-5-13(14)9-12/h1-5,7,9-11H,6,8,18H2,(H,20,22). The second-order valence-electron chi connectivity index (χ2n) is 4.91. The molecule has 5 nitrogen and oxygen atoms in total. The molecule has 22 heavy (non-hydrogen) atoms. The molecule has 0 aliphatic rings. The van der Waals surface area contributed by atoms with Gasteiger partial charge in [-0.15, -0.1) is 0 Å². The van der Waals surface area contributed by atoms with Crippen LogP contribution >= 0.6 is 0 Å². The van der Waals surface area contributed by atoms with E-state index in [2.05, 4.69) is 21.4 Å². The molecule has 0 unspecified atom stereocenters. The van der Waals surface area contributed by atoms with Crippen molar-refractivity contribution in [2.75, 3.05) is 13.1 Å². The minimum atomic E-state index is -0.207. The Morgan fingerprint density at radius 3 is 2.68 bits per heavy atom. The Hall–Kier alpha value is -2.79. The lowest BCUT2D eigenvalue weighted by molar-refractivity contribution is 0.0950. The SMILES string of the molecule is NCCNC(=O)c1ccc(-c2ccc3cnccc3c2)cn1. The lowest BCUT2D eigenvalue weighted by Crippen LogP contribution is -2.29. The Bertz CT molecular complexity index is 799. The summed E-state index contributed by atoms with van der Waals surface area (Å²) in [6.07, 6.45) is 5.32. The highest BCUT2D eigenvalue weighted by atomic mass is 16.1. The number of rotatable bonds is 4. The highest BCUT2D eigenvalue weighted by Crippen LogP contribution is 2.23. The Morgan fingerprint density at radius 1 is 1.05 bits per heavy atom. The molecule has 0 atom stereocenters. The lowest BCUT2D eigenvalue weighted by Gasteiger charge is -2.06. The van der Waals surface area contributed by atoms with Gasteiger partial charge in [0.1, 0.15) is 5.69 Å². The number of benzene rings is 1. The average Bonchev–Trinajstić information content (AvgIpc) is 2.59. The monoisotopic (exact) mass is 292 g/mol. The van der Waals surface area contributed by atoms with Crippen LogP contribution in [0.25, 0.3) is 21.9 Å². The van der Waals surface area contributed by atoms with Crippen LogP contribution in [0, 0.1) is 0 Å². The molecule has 2 heterocycles. The van der Waals surface area contributed by atoms with Gasteiger partial charge in [0.05, 0.1) is 0 Å². The molecule has 0 fully saturated rings. The van der Waals surface area contributed by atoms with Gasteiger partial charge in [-0.25, -0.2) is 0 Å². The van der Waals surface area contributed by atoms with Gasteiger partial charge in [0.15, 0.2) is 0 Å². The molecule has 0 saturated carbocycles. The second-order valence-corrected chi connectivity index (χ2v) is 4.91. The molecule has 0 spiro atoms. The minimum Gasteiger partial charge on any atom is -0.349 e. The summed E-state index contributed by atoms with van der Waals surface area (Å²) in [6.45, 7) is 0.858. The number of carbonyl (C=O) groups is 1. The van der Waals surface area contributed by atoms with Crippen LogP contribution in [-0.2, 0) is 0 Å². The van der Waals surface area contributed by atoms with Crippen molar-refractivity contribution in [1.29, 1.82) is 0 Å². The van der Waals surface area contributed by atoms with Gasteiger partial charge >= 0.3 is 0 Å². The molecule has 0 aliphatic carbocycles. The fraction of sp³-hybridized carbons (Fsp3) is 0.118. The van der Waals surface area contributed by atoms with Crippen LogP contribution in [0.5, 0.6) is 0 Å². The highest BCUT2D eigenvalue weighted by molar-refractivity contribution is 5.92. The zero-order chi connectivity index (χ0) is 15.4. The van der Waals surface area contributed by atoms with E-state index in [0.29, 0.717) is 18.8 Å². The number of nitrogens with zero attached hydrogens (tertiary/aromatic N) is 2. The first kappa shape index (κ1) is 14.2. The Morgan fingerprint density at radius 2 is 1.91 bits per heavy atom. The number of carbonyl (C=O) groups excluding carboxylic acids is 1. The number of nitrogens with two attached hydrogens (primary N) is 1. The molecule has 1 aromatic carbocycles. The summed E-state index contributed by atoms with van der Waals surface area (Å²) < 4.78 is 0. The summed E-state index contributed by atoms with van der Waals surface area (Å²) in [6, 6.07) is 11.7. The van der Waals surface area contributed by atoms with Crippen LogP contribution in [0.1, 0.15) is 10.5 Å². The third-order valence-corrected chi connectivity index (χ3v) is 3.40. The van der Waals surface area contributed by atoms with Gasteiger partial charge in [-0.05, 0) is 29.1 Å². The van der Waals surface area contributed by atoms with E-state index in [4.69, 9.17) is 5.73 Å². The van der Waals surface area contributed by atoms with E-state index in [0.717, 1.165) is 21.9 Å². The Balaban J connectivity index is 1.86. The van der Waals surface area contributed by atoms with Crippen LogP contribution in [-0.4, -0.2) is 29.0 Å². The molecule has 0 bridgehead atoms. The molecular weight excluding hydrogens is 276 g/mol. The van der Waals surface area contributed by atoms with Gasteiger partial charge in [-0.2, -0.15) is 0 Å². The van der Waals surface area contributed by atoms with E-state index in [1.54, 1.807) is 18.5 Å². The molecule has 0 saturated heterocycles. The van der Waals surface area contributed by atoms with Crippen LogP contribution in [0.2, 0.25) is 0 Å². The number of aromatic nitrogens is 2. The normalized spacial score (nSPS) is 10.6. The number of hydrogen-bond donors (Lipinski definition) is 2. The van der Waals surface area contributed by atoms with Crippen molar-refractivity contribution in [2.24, 2.45) is 5.73 Å². The van der Waals surface area contributed by atoms with Gasteiger partial charge in [0.25, 0.3) is 5.91 Å². The van der Waals surface area contributed by atoms with Crippen molar-refractivity contribution in [1.82, 2.24) is 15.3 Å². The summed E-state index contributed by atoms with van der Waals surface area (Å²) in [5, 5.41) is 4.92. The topological polar surface area (TPSA) is 80.9 Å². The molecule has 3 aromatic rings. The molecular formula is C17H16N4O. The van der Waals surface area contributed by atoms with Crippen LogP contribution in [0.15, 0.2) is 55.0 Å². The van der Waals surface area contributed by atoms with Crippen molar-refractivity contribution in [3.05, 3.63) is 60.7 Å². The van der Waals surface area contributed by atoms with E-state index in [1.165, 1.54) is 0 Å². The minimum absolute atomic E-state index is 0.207. The van der Waals surface area contributed by atoms with Crippen molar-refractivity contribution in [3.63, 3.8) is 0 Å². The predicted molar refractivity (Wildman–Crippen MR) is 86.4 cm³/mol. The zero-order valence-corrected chi connectivity index (χ0v) is 12.0. The van der Waals surface area contributed by atoms with Gasteiger partial charge in [0.2, 0.25) is 0 Å². The summed E-state index contributed by atoms with van der Waals surface area (Å²) in [7, 11) is 0. The van der Waals surface area contributed by atoms with Crippen LogP contribution < -0.4 is 11.1 Å². The number of fused-ring (bicyclic) bond motifs is 1. The molecule has 3 rings (SSSR count). The fourth-order valence-corrected chi connectivity index (χ4v) is 2.24. The Kier molecular flexibility index (Phi) is 4.07. The number of amides is 1. The second kappa shape index (κ2) is 6.32. The largest absolute Gasteiger partial charge is 0.349 e. The smallest absolute Gasteiger partial charge is 0.269 e. The maximum absolute atomic E-state index is 11.8. The van der Waals surface area contributed by atoms with E-state index >= 15 is 0 Å². The van der Waals surface area contributed by atoms with Crippen molar-refractivity contribution in [2.45, 2.75) is 0 Å². The zero-order valence-electron chi connectivity index (χ0n) is 12.0. The first-order chi connectivity index (χ1) is 10.8. The van der Waals surface area contributed by atoms with Gasteiger partial charge < -0.3 is 11.1 Å². The highest BCUT2D eigenvalue weighted by Gasteiger charge is 2.07. The molecule has 0 aliphatic heterocycles. The van der Waals surface area contributed by atoms with E-state index in [9.17, 15) is 4.79 Å². The number of pyridine rings is 2. The van der Waals surface area contributed by atoms with Crippen molar-refractivity contribution in [3.8, 4) is 11.1 Å². The molecule has 3 N–H and O–H groups in total. The number of nitrogens with one attached hydrogen (secondary N) is 1. The van der Waals surface area contributed by atoms with Crippen LogP contribution in [0.3, 0.4) is 0 Å². The van der Waals surface area contributed by atoms with E-state index < -0.39 is 0 Å². The van der Waals surface area contributed by atoms with Gasteiger partial charge in [-0.1, -0.05) is 18.2 Å². The van der Waals surface area contributed by atoms with Gasteiger partial charge in [-0.3, -0.25) is 14.8 Å². The predicted octanol–water partition coefficient (Wildman–Crippen LogP) is 1.99. The maximum Gasteiger partial charge on any atom is 0.269 e. The lowest BCUT2D eigenvalue weighted by atomic mass is 10.0. The molecule has 5 heteroatoms. The molecule has 1 amide bonds. The summed E-state index contributed by atoms with van der Waals surface area (Å²) in [4.78, 5) is 20.1. The molecule has 0 radical (unpaired) electrons. The number of hydrogen-bond acceptors (Lipinski definition) is 4. The van der Waals surface area contributed by atoms with E-state index in [1.807, 2.05) is 30.5 Å². The maximum atomic E-state index is 11.8. The third kappa shape index (κ3) is 2.94. The fourth-order valence-electron chi connectivity index (χ4n) is 2.24. The summed E-state index contributed by atoms with van der Waals surface area (Å²) >= 11 is 0. The molecule has 110 valence electrons. The van der Waals surface area contributed by atoms with Crippen molar-refractivity contribution < 1.29 is 4.79 Å².